The molecule has 0 bridgehead atoms. The second-order valence-corrected chi connectivity index (χ2v) is 8.11. The summed E-state index contributed by atoms with van der Waals surface area (Å²) in [6.07, 6.45) is 0. The van der Waals surface area contributed by atoms with Gasteiger partial charge in [0.25, 0.3) is 5.56 Å². The monoisotopic (exact) mass is 395 g/mol. The number of ketones is 1. The number of aromatic nitrogens is 4. The van der Waals surface area contributed by atoms with Crippen LogP contribution in [0.3, 0.4) is 0 Å². The zero-order chi connectivity index (χ0) is 21.0. The molecule has 3 heterocycles. The summed E-state index contributed by atoms with van der Waals surface area (Å²) >= 11 is 0. The molecule has 0 spiro atoms. The molecule has 1 aliphatic rings. The lowest BCUT2D eigenvalue weighted by atomic mass is 10.1. The lowest BCUT2D eigenvalue weighted by molar-refractivity contribution is -0.117. The van der Waals surface area contributed by atoms with Crippen LogP contribution in [-0.2, 0) is 24.9 Å². The van der Waals surface area contributed by atoms with Gasteiger partial charge in [-0.05, 0) is 49.9 Å². The number of aryl methyl sites for hydroxylation is 3. The van der Waals surface area contributed by atoms with E-state index < -0.39 is 11.2 Å². The lowest BCUT2D eigenvalue weighted by Gasteiger charge is -2.33. The molecule has 0 saturated heterocycles. The van der Waals surface area contributed by atoms with Gasteiger partial charge in [0.1, 0.15) is 5.78 Å². The van der Waals surface area contributed by atoms with E-state index in [1.165, 1.54) is 22.6 Å². The van der Waals surface area contributed by atoms with Crippen molar-refractivity contribution in [3.63, 3.8) is 0 Å². The molecule has 0 fully saturated rings. The smallest absolute Gasteiger partial charge is 0.312 e. The zero-order valence-corrected chi connectivity index (χ0v) is 17.4. The summed E-state index contributed by atoms with van der Waals surface area (Å²) in [4.78, 5) is 44.2. The Balaban J connectivity index is 2.00. The summed E-state index contributed by atoms with van der Waals surface area (Å²) in [6, 6.07) is 6.24. The third-order valence-electron chi connectivity index (χ3n) is 5.63. The van der Waals surface area contributed by atoms with Crippen LogP contribution in [0.2, 0.25) is 0 Å². The molecule has 0 amide bonds. The molecule has 0 radical (unpaired) electrons. The Bertz CT molecular complexity index is 1260. The first-order valence-corrected chi connectivity index (χ1v) is 9.73. The number of hydrogen-bond donors (Lipinski definition) is 0. The minimum atomic E-state index is -0.529. The fraction of sp³-hybridized carbons (Fsp3) is 0.429. The number of hydrogen-bond acceptors (Lipinski definition) is 5. The van der Waals surface area contributed by atoms with Gasteiger partial charge in [0.2, 0.25) is 5.95 Å². The molecular weight excluding hydrogens is 370 g/mol. The normalized spacial score (nSPS) is 16.3. The van der Waals surface area contributed by atoms with E-state index in [9.17, 15) is 14.4 Å². The Hall–Kier alpha value is -3.16. The average Bonchev–Trinajstić information content (AvgIpc) is 3.04. The maximum Gasteiger partial charge on any atom is 0.332 e. The molecule has 0 N–H and O–H groups in total. The Labute approximate surface area is 168 Å². The molecule has 29 heavy (non-hydrogen) atoms. The van der Waals surface area contributed by atoms with Crippen LogP contribution in [-0.4, -0.2) is 31.0 Å². The van der Waals surface area contributed by atoms with E-state index in [4.69, 9.17) is 4.98 Å². The largest absolute Gasteiger partial charge is 0.332 e. The molecule has 8 heteroatoms. The molecular formula is C21H25N5O3. The fourth-order valence-corrected chi connectivity index (χ4v) is 3.98. The number of anilines is 2. The second-order valence-electron chi connectivity index (χ2n) is 8.11. The first-order chi connectivity index (χ1) is 13.7. The maximum absolute atomic E-state index is 13.1. The first-order valence-electron chi connectivity index (χ1n) is 9.73. The van der Waals surface area contributed by atoms with Crippen LogP contribution >= 0.6 is 0 Å². The van der Waals surface area contributed by atoms with Crippen molar-refractivity contribution in [1.82, 2.24) is 18.7 Å². The lowest BCUT2D eigenvalue weighted by Crippen LogP contribution is -2.41. The van der Waals surface area contributed by atoms with E-state index in [0.29, 0.717) is 23.7 Å². The summed E-state index contributed by atoms with van der Waals surface area (Å²) in [5.41, 5.74) is 3.11. The van der Waals surface area contributed by atoms with Crippen molar-refractivity contribution >= 4 is 28.6 Å². The van der Waals surface area contributed by atoms with Crippen molar-refractivity contribution in [2.75, 3.05) is 11.4 Å². The molecule has 0 unspecified atom stereocenters. The number of nitrogens with zero attached hydrogens (tertiary/aromatic N) is 5. The maximum atomic E-state index is 13.1. The van der Waals surface area contributed by atoms with E-state index in [2.05, 4.69) is 43.9 Å². The van der Waals surface area contributed by atoms with Gasteiger partial charge in [-0.15, -0.1) is 0 Å². The molecule has 4 rings (SSSR count). The number of rotatable bonds is 3. The summed E-state index contributed by atoms with van der Waals surface area (Å²) in [5.74, 6) is 0.681. The van der Waals surface area contributed by atoms with Crippen LogP contribution in [0.1, 0.15) is 25.0 Å². The summed E-state index contributed by atoms with van der Waals surface area (Å²) < 4.78 is 4.24. The second kappa shape index (κ2) is 6.72. The number of Topliss-reactive ketones (excluding diaryl/α,β-unsaturated/α-hetero) is 1. The van der Waals surface area contributed by atoms with Gasteiger partial charge < -0.3 is 9.47 Å². The number of carbonyl (C=O) groups is 1. The highest BCUT2D eigenvalue weighted by atomic mass is 16.2. The van der Waals surface area contributed by atoms with Crippen molar-refractivity contribution in [3.8, 4) is 0 Å². The minimum Gasteiger partial charge on any atom is -0.312 e. The summed E-state index contributed by atoms with van der Waals surface area (Å²) in [7, 11) is 1.59. The highest BCUT2D eigenvalue weighted by Gasteiger charge is 2.30. The quantitative estimate of drug-likeness (QED) is 0.676. The molecule has 8 nitrogen and oxygen atoms in total. The topological polar surface area (TPSA) is 82.1 Å². The van der Waals surface area contributed by atoms with Crippen molar-refractivity contribution in [3.05, 3.63) is 50.2 Å². The molecule has 0 saturated carbocycles. The van der Waals surface area contributed by atoms with Gasteiger partial charge in [0.05, 0.1) is 6.54 Å². The Kier molecular flexibility index (Phi) is 4.44. The Morgan fingerprint density at radius 1 is 1.17 bits per heavy atom. The van der Waals surface area contributed by atoms with Crippen LogP contribution in [0.15, 0.2) is 27.8 Å². The SMILES string of the molecule is CC(=O)Cn1c(=O)c2c(nc3n2C[C@@H](C)CN3c2ccc(C)c(C)c2)n(C)c1=O. The predicted octanol–water partition coefficient (Wildman–Crippen LogP) is 1.89. The van der Waals surface area contributed by atoms with E-state index >= 15 is 0 Å². The van der Waals surface area contributed by atoms with Crippen LogP contribution in [0.25, 0.3) is 11.2 Å². The van der Waals surface area contributed by atoms with Crippen molar-refractivity contribution in [1.29, 1.82) is 0 Å². The molecule has 152 valence electrons. The van der Waals surface area contributed by atoms with E-state index in [-0.39, 0.29) is 18.2 Å². The van der Waals surface area contributed by atoms with Gasteiger partial charge >= 0.3 is 5.69 Å². The first kappa shape index (κ1) is 19.2. The highest BCUT2D eigenvalue weighted by molar-refractivity contribution is 5.78. The molecule has 1 atom stereocenters. The number of fused-ring (bicyclic) bond motifs is 3. The summed E-state index contributed by atoms with van der Waals surface area (Å²) in [5, 5.41) is 0. The molecule has 1 aromatic carbocycles. The Morgan fingerprint density at radius 2 is 1.90 bits per heavy atom. The zero-order valence-electron chi connectivity index (χ0n) is 17.4. The average molecular weight is 395 g/mol. The third kappa shape index (κ3) is 2.99. The standard InChI is InChI=1S/C21H25N5O3/c1-12-9-24(16-7-6-13(2)14(3)8-16)20-22-18-17(25(20)10-12)19(28)26(11-15(4)27)21(29)23(18)5/h6-8,12H,9-11H2,1-5H3/t12-/m0/s1. The van der Waals surface area contributed by atoms with Gasteiger partial charge in [-0.25, -0.2) is 4.79 Å². The molecule has 1 aliphatic heterocycles. The van der Waals surface area contributed by atoms with E-state index in [0.717, 1.165) is 16.8 Å². The predicted molar refractivity (Wildman–Crippen MR) is 112 cm³/mol. The van der Waals surface area contributed by atoms with Gasteiger partial charge in [-0.2, -0.15) is 4.98 Å². The molecule has 3 aromatic rings. The van der Waals surface area contributed by atoms with Crippen molar-refractivity contribution in [2.24, 2.45) is 13.0 Å². The molecule has 2 aromatic heterocycles. The van der Waals surface area contributed by atoms with Crippen LogP contribution in [0, 0.1) is 19.8 Å². The van der Waals surface area contributed by atoms with Crippen LogP contribution < -0.4 is 16.1 Å². The highest BCUT2D eigenvalue weighted by Crippen LogP contribution is 2.33. The van der Waals surface area contributed by atoms with Crippen LogP contribution in [0.4, 0.5) is 11.6 Å². The summed E-state index contributed by atoms with van der Waals surface area (Å²) in [6.45, 7) is 8.78. The van der Waals surface area contributed by atoms with Gasteiger partial charge in [0.15, 0.2) is 11.2 Å². The third-order valence-corrected chi connectivity index (χ3v) is 5.63. The Morgan fingerprint density at radius 3 is 2.55 bits per heavy atom. The fourth-order valence-electron chi connectivity index (χ4n) is 3.98. The number of benzene rings is 1. The van der Waals surface area contributed by atoms with Gasteiger partial charge in [-0.3, -0.25) is 18.7 Å². The minimum absolute atomic E-state index is 0.238. The van der Waals surface area contributed by atoms with E-state index in [1.807, 2.05) is 4.57 Å². The number of carbonyl (C=O) groups excluding carboxylic acids is 1. The molecule has 0 aliphatic carbocycles. The van der Waals surface area contributed by atoms with Gasteiger partial charge in [-0.1, -0.05) is 13.0 Å². The van der Waals surface area contributed by atoms with E-state index in [1.54, 1.807) is 7.05 Å². The van der Waals surface area contributed by atoms with Crippen molar-refractivity contribution < 1.29 is 4.79 Å². The van der Waals surface area contributed by atoms with Crippen molar-refractivity contribution in [2.45, 2.75) is 40.8 Å². The number of imidazole rings is 1. The van der Waals surface area contributed by atoms with Crippen LogP contribution in [0.5, 0.6) is 0 Å². The van der Waals surface area contributed by atoms with Gasteiger partial charge in [0, 0.05) is 25.8 Å².